The Kier molecular flexibility index (Phi) is 7.69. The lowest BCUT2D eigenvalue weighted by Gasteiger charge is -2.05. The molecule has 0 aliphatic carbocycles. The fraction of sp³-hybridized carbons (Fsp3) is 0.357. The van der Waals surface area contributed by atoms with E-state index in [0.29, 0.717) is 6.54 Å². The zero-order valence-electron chi connectivity index (χ0n) is 13.2. The number of halogens is 3. The van der Waals surface area contributed by atoms with Crippen molar-refractivity contribution in [3.63, 3.8) is 0 Å². The van der Waals surface area contributed by atoms with E-state index >= 15 is 0 Å². The van der Waals surface area contributed by atoms with Gasteiger partial charge in [0.1, 0.15) is 11.6 Å². The molecule has 1 atom stereocenters. The molecule has 3 aromatic heterocycles. The van der Waals surface area contributed by atoms with Crippen molar-refractivity contribution in [3.05, 3.63) is 33.9 Å². The highest BCUT2D eigenvalue weighted by atomic mass is 35.5. The van der Waals surface area contributed by atoms with Gasteiger partial charge < -0.3 is 16.0 Å². The largest absolute Gasteiger partial charge is 0.362 e. The van der Waals surface area contributed by atoms with E-state index < -0.39 is 0 Å². The summed E-state index contributed by atoms with van der Waals surface area (Å²) in [5, 5.41) is 3.51. The van der Waals surface area contributed by atoms with Gasteiger partial charge in [0.05, 0.1) is 16.8 Å². The van der Waals surface area contributed by atoms with E-state index in [9.17, 15) is 0 Å². The van der Waals surface area contributed by atoms with Crippen molar-refractivity contribution in [2.75, 3.05) is 5.32 Å². The molecule has 0 saturated carbocycles. The van der Waals surface area contributed by atoms with E-state index in [1.165, 1.54) is 4.88 Å². The SMILES string of the molecule is Cc1c(CC(C)N)sc2c(NCc3ncc[nH]3)nc(Cl)nc12.Cl.Cl. The minimum absolute atomic E-state index is 0. The number of imidazole rings is 1. The predicted octanol–water partition coefficient (Wildman–Crippen LogP) is 3.72. The highest BCUT2D eigenvalue weighted by molar-refractivity contribution is 7.19. The summed E-state index contributed by atoms with van der Waals surface area (Å²) in [6.45, 7) is 4.60. The standard InChI is InChI=1S/C14H17ClN6S.2ClH/c1-7(16)5-9-8(2)11-12(22-9)13(21-14(15)20-11)19-6-10-17-3-4-18-10;;/h3-4,7H,5-6,16H2,1-2H3,(H,17,18)(H,19,20,21);2*1H. The van der Waals surface area contributed by atoms with Gasteiger partial charge >= 0.3 is 0 Å². The number of nitrogens with zero attached hydrogens (tertiary/aromatic N) is 3. The van der Waals surface area contributed by atoms with Gasteiger partial charge in [0.2, 0.25) is 5.28 Å². The van der Waals surface area contributed by atoms with Crippen LogP contribution in [0.1, 0.15) is 23.2 Å². The van der Waals surface area contributed by atoms with Crippen LogP contribution in [0.2, 0.25) is 5.28 Å². The van der Waals surface area contributed by atoms with Gasteiger partial charge in [0.25, 0.3) is 0 Å². The highest BCUT2D eigenvalue weighted by Gasteiger charge is 2.16. The van der Waals surface area contributed by atoms with Crippen molar-refractivity contribution in [3.8, 4) is 0 Å². The zero-order valence-corrected chi connectivity index (χ0v) is 16.4. The summed E-state index contributed by atoms with van der Waals surface area (Å²) in [6.07, 6.45) is 4.33. The molecule has 4 N–H and O–H groups in total. The summed E-state index contributed by atoms with van der Waals surface area (Å²) >= 11 is 7.73. The lowest BCUT2D eigenvalue weighted by atomic mass is 10.1. The molecule has 0 spiro atoms. The second kappa shape index (κ2) is 8.82. The van der Waals surface area contributed by atoms with Crippen LogP contribution in [0.5, 0.6) is 0 Å². The van der Waals surface area contributed by atoms with Crippen LogP contribution in [0.4, 0.5) is 5.82 Å². The van der Waals surface area contributed by atoms with Gasteiger partial charge in [0.15, 0.2) is 0 Å². The molecular formula is C14H19Cl3N6S. The number of hydrogen-bond acceptors (Lipinski definition) is 6. The Bertz CT molecular complexity index is 788. The van der Waals surface area contributed by atoms with E-state index in [0.717, 1.165) is 33.8 Å². The average molecular weight is 410 g/mol. The maximum atomic E-state index is 6.07. The van der Waals surface area contributed by atoms with Crippen molar-refractivity contribution in [2.45, 2.75) is 32.9 Å². The Morgan fingerprint density at radius 1 is 1.38 bits per heavy atom. The molecule has 3 rings (SSSR count). The molecule has 0 aromatic carbocycles. The number of hydrogen-bond donors (Lipinski definition) is 3. The van der Waals surface area contributed by atoms with E-state index in [-0.39, 0.29) is 36.1 Å². The van der Waals surface area contributed by atoms with Gasteiger partial charge in [-0.3, -0.25) is 0 Å². The molecule has 1 unspecified atom stereocenters. The lowest BCUT2D eigenvalue weighted by molar-refractivity contribution is 0.744. The second-order valence-corrected chi connectivity index (χ2v) is 6.68. The zero-order chi connectivity index (χ0) is 15.7. The van der Waals surface area contributed by atoms with E-state index in [4.69, 9.17) is 17.3 Å². The molecule has 0 amide bonds. The van der Waals surface area contributed by atoms with Crippen LogP contribution in [0.25, 0.3) is 10.2 Å². The Morgan fingerprint density at radius 2 is 2.12 bits per heavy atom. The van der Waals surface area contributed by atoms with E-state index in [1.807, 2.05) is 6.92 Å². The van der Waals surface area contributed by atoms with E-state index in [1.54, 1.807) is 23.7 Å². The summed E-state index contributed by atoms with van der Waals surface area (Å²) in [6, 6.07) is 0.106. The first-order chi connectivity index (χ1) is 10.5. The minimum atomic E-state index is 0. The molecule has 3 aromatic rings. The van der Waals surface area contributed by atoms with Crippen LogP contribution < -0.4 is 11.1 Å². The smallest absolute Gasteiger partial charge is 0.224 e. The quantitative estimate of drug-likeness (QED) is 0.558. The Morgan fingerprint density at radius 3 is 2.75 bits per heavy atom. The van der Waals surface area contributed by atoms with Crippen LogP contribution >= 0.6 is 47.8 Å². The summed E-state index contributed by atoms with van der Waals surface area (Å²) < 4.78 is 1.00. The monoisotopic (exact) mass is 408 g/mol. The Balaban J connectivity index is 0.00000144. The van der Waals surface area contributed by atoms with Gasteiger partial charge in [-0.25, -0.2) is 9.97 Å². The molecule has 3 heterocycles. The molecular weight excluding hydrogens is 391 g/mol. The third kappa shape index (κ3) is 4.49. The third-order valence-corrected chi connectivity index (χ3v) is 4.80. The van der Waals surface area contributed by atoms with E-state index in [2.05, 4.69) is 32.2 Å². The molecule has 0 saturated heterocycles. The van der Waals surface area contributed by atoms with Crippen molar-refractivity contribution in [1.82, 2.24) is 19.9 Å². The number of H-pyrrole nitrogens is 1. The molecule has 0 radical (unpaired) electrons. The van der Waals surface area contributed by atoms with Gasteiger partial charge in [-0.05, 0) is 37.4 Å². The van der Waals surface area contributed by atoms with Crippen molar-refractivity contribution in [2.24, 2.45) is 5.73 Å². The normalized spacial score (nSPS) is 11.7. The molecule has 24 heavy (non-hydrogen) atoms. The number of rotatable bonds is 5. The lowest BCUT2D eigenvalue weighted by Crippen LogP contribution is -2.17. The van der Waals surface area contributed by atoms with Gasteiger partial charge in [-0.1, -0.05) is 0 Å². The average Bonchev–Trinajstić information content (AvgIpc) is 3.07. The first-order valence-corrected chi connectivity index (χ1v) is 8.17. The fourth-order valence-corrected chi connectivity index (χ4v) is 3.80. The van der Waals surface area contributed by atoms with Crippen LogP contribution in [-0.4, -0.2) is 26.0 Å². The number of anilines is 1. The third-order valence-electron chi connectivity index (χ3n) is 3.32. The molecule has 0 aliphatic heterocycles. The first-order valence-electron chi connectivity index (χ1n) is 6.98. The maximum absolute atomic E-state index is 6.07. The first kappa shape index (κ1) is 20.9. The summed E-state index contributed by atoms with van der Waals surface area (Å²) in [4.78, 5) is 17.1. The minimum Gasteiger partial charge on any atom is -0.362 e. The second-order valence-electron chi connectivity index (χ2n) is 5.24. The van der Waals surface area contributed by atoms with Gasteiger partial charge in [-0.2, -0.15) is 4.98 Å². The van der Waals surface area contributed by atoms with Crippen molar-refractivity contribution >= 4 is 63.8 Å². The maximum Gasteiger partial charge on any atom is 0.224 e. The Labute approximate surface area is 161 Å². The fourth-order valence-electron chi connectivity index (χ4n) is 2.27. The molecule has 132 valence electrons. The number of aryl methyl sites for hydroxylation is 1. The number of thiophene rings is 1. The molecule has 0 bridgehead atoms. The number of aromatic nitrogens is 4. The summed E-state index contributed by atoms with van der Waals surface area (Å²) in [5.74, 6) is 1.57. The highest BCUT2D eigenvalue weighted by Crippen LogP contribution is 2.35. The topological polar surface area (TPSA) is 92.5 Å². The number of aromatic amines is 1. The molecule has 0 fully saturated rings. The number of nitrogens with two attached hydrogens (primary N) is 1. The van der Waals surface area contributed by atoms with Crippen molar-refractivity contribution in [1.29, 1.82) is 0 Å². The van der Waals surface area contributed by atoms with Crippen molar-refractivity contribution < 1.29 is 0 Å². The van der Waals surface area contributed by atoms with Crippen LogP contribution in [0.15, 0.2) is 12.4 Å². The molecule has 0 aliphatic rings. The van der Waals surface area contributed by atoms with Crippen LogP contribution in [-0.2, 0) is 13.0 Å². The van der Waals surface area contributed by atoms with Gasteiger partial charge in [0, 0.05) is 23.3 Å². The summed E-state index contributed by atoms with van der Waals surface area (Å²) in [7, 11) is 0. The summed E-state index contributed by atoms with van der Waals surface area (Å²) in [5.41, 5.74) is 7.94. The molecule has 10 heteroatoms. The van der Waals surface area contributed by atoms with Crippen LogP contribution in [0, 0.1) is 6.92 Å². The predicted molar refractivity (Wildman–Crippen MR) is 105 cm³/mol. The van der Waals surface area contributed by atoms with Crippen LogP contribution in [0.3, 0.4) is 0 Å². The van der Waals surface area contributed by atoms with Gasteiger partial charge in [-0.15, -0.1) is 36.2 Å². The number of nitrogens with one attached hydrogen (secondary N) is 2. The Hall–Kier alpha value is -1.12. The molecule has 6 nitrogen and oxygen atoms in total. The number of fused-ring (bicyclic) bond motifs is 1.